The van der Waals surface area contributed by atoms with Crippen molar-refractivity contribution in [2.45, 2.75) is 19.9 Å². The van der Waals surface area contributed by atoms with E-state index in [9.17, 15) is 0 Å². The van der Waals surface area contributed by atoms with E-state index in [0.29, 0.717) is 6.04 Å². The van der Waals surface area contributed by atoms with Crippen LogP contribution in [-0.4, -0.2) is 36.0 Å². The highest BCUT2D eigenvalue weighted by Gasteiger charge is 2.21. The molecule has 1 atom stereocenters. The summed E-state index contributed by atoms with van der Waals surface area (Å²) in [4.78, 5) is 2.26. The van der Waals surface area contributed by atoms with Crippen LogP contribution in [0, 0.1) is 6.92 Å². The van der Waals surface area contributed by atoms with Gasteiger partial charge in [0.2, 0.25) is 5.13 Å². The molecule has 1 aromatic rings. The maximum absolute atomic E-state index is 5.36. The lowest BCUT2D eigenvalue weighted by molar-refractivity contribution is 0.0988. The van der Waals surface area contributed by atoms with Crippen LogP contribution in [0.4, 0.5) is 5.13 Å². The summed E-state index contributed by atoms with van der Waals surface area (Å²) in [6.45, 7) is 6.64. The third kappa shape index (κ3) is 1.81. The Morgan fingerprint density at radius 3 is 3.00 bits per heavy atom. The average Bonchev–Trinajstić information content (AvgIpc) is 2.53. The number of aryl methyl sites for hydroxylation is 1. The predicted molar refractivity (Wildman–Crippen MR) is 52.3 cm³/mol. The van der Waals surface area contributed by atoms with Gasteiger partial charge in [0.05, 0.1) is 19.3 Å². The minimum atomic E-state index is 0.418. The summed E-state index contributed by atoms with van der Waals surface area (Å²) < 4.78 is 5.36. The molecule has 2 rings (SSSR count). The lowest BCUT2D eigenvalue weighted by Gasteiger charge is -2.32. The Balaban J connectivity index is 2.14. The summed E-state index contributed by atoms with van der Waals surface area (Å²) >= 11 is 1.65. The van der Waals surface area contributed by atoms with Gasteiger partial charge in [0.25, 0.3) is 0 Å². The number of aromatic nitrogens is 2. The normalized spacial score (nSPS) is 23.5. The van der Waals surface area contributed by atoms with Gasteiger partial charge in [-0.1, -0.05) is 11.3 Å². The van der Waals surface area contributed by atoms with Crippen molar-refractivity contribution >= 4 is 16.5 Å². The van der Waals surface area contributed by atoms with Gasteiger partial charge in [-0.3, -0.25) is 0 Å². The molecule has 0 saturated carbocycles. The van der Waals surface area contributed by atoms with Gasteiger partial charge in [0, 0.05) is 6.54 Å². The number of morpholine rings is 1. The summed E-state index contributed by atoms with van der Waals surface area (Å²) in [5.41, 5.74) is 0. The van der Waals surface area contributed by atoms with Crippen LogP contribution in [0.2, 0.25) is 0 Å². The minimum Gasteiger partial charge on any atom is -0.377 e. The molecule has 0 bridgehead atoms. The quantitative estimate of drug-likeness (QED) is 0.678. The first-order chi connectivity index (χ1) is 6.27. The first kappa shape index (κ1) is 8.90. The number of hydrogen-bond donors (Lipinski definition) is 0. The zero-order valence-electron chi connectivity index (χ0n) is 7.86. The first-order valence-electron chi connectivity index (χ1n) is 4.42. The summed E-state index contributed by atoms with van der Waals surface area (Å²) in [5, 5.41) is 10.2. The number of rotatable bonds is 1. The molecule has 72 valence electrons. The Morgan fingerprint density at radius 1 is 1.54 bits per heavy atom. The van der Waals surface area contributed by atoms with E-state index in [0.717, 1.165) is 29.9 Å². The van der Waals surface area contributed by atoms with Crippen molar-refractivity contribution in [1.29, 1.82) is 0 Å². The lowest BCUT2D eigenvalue weighted by atomic mass is 10.3. The van der Waals surface area contributed by atoms with Crippen LogP contribution in [0.1, 0.15) is 11.9 Å². The van der Waals surface area contributed by atoms with E-state index >= 15 is 0 Å². The largest absolute Gasteiger partial charge is 0.377 e. The molecule has 0 amide bonds. The van der Waals surface area contributed by atoms with Crippen molar-refractivity contribution in [3.8, 4) is 0 Å². The van der Waals surface area contributed by atoms with Crippen molar-refractivity contribution in [3.05, 3.63) is 5.01 Å². The molecule has 1 saturated heterocycles. The zero-order chi connectivity index (χ0) is 9.26. The van der Waals surface area contributed by atoms with Crippen LogP contribution < -0.4 is 4.90 Å². The Hall–Kier alpha value is -0.680. The van der Waals surface area contributed by atoms with Gasteiger partial charge in [-0.25, -0.2) is 0 Å². The second-order valence-electron chi connectivity index (χ2n) is 3.22. The van der Waals surface area contributed by atoms with E-state index in [1.807, 2.05) is 6.92 Å². The number of hydrogen-bond acceptors (Lipinski definition) is 5. The van der Waals surface area contributed by atoms with Gasteiger partial charge in [-0.2, -0.15) is 0 Å². The molecule has 5 heteroatoms. The molecule has 0 aliphatic carbocycles. The van der Waals surface area contributed by atoms with Crippen molar-refractivity contribution in [2.75, 3.05) is 24.7 Å². The summed E-state index contributed by atoms with van der Waals surface area (Å²) in [5.74, 6) is 0. The fraction of sp³-hybridized carbons (Fsp3) is 0.750. The molecule has 2 heterocycles. The fourth-order valence-corrected chi connectivity index (χ4v) is 2.23. The van der Waals surface area contributed by atoms with Crippen molar-refractivity contribution < 1.29 is 4.74 Å². The van der Waals surface area contributed by atoms with Gasteiger partial charge >= 0.3 is 0 Å². The van der Waals surface area contributed by atoms with Gasteiger partial charge in [-0.05, 0) is 13.8 Å². The van der Waals surface area contributed by atoms with E-state index in [4.69, 9.17) is 4.74 Å². The second-order valence-corrected chi connectivity index (χ2v) is 4.38. The maximum atomic E-state index is 5.36. The highest BCUT2D eigenvalue weighted by molar-refractivity contribution is 7.15. The lowest BCUT2D eigenvalue weighted by Crippen LogP contribution is -2.43. The minimum absolute atomic E-state index is 0.418. The van der Waals surface area contributed by atoms with E-state index in [1.54, 1.807) is 11.3 Å². The van der Waals surface area contributed by atoms with Gasteiger partial charge in [0.1, 0.15) is 5.01 Å². The molecule has 0 radical (unpaired) electrons. The predicted octanol–water partition coefficient (Wildman–Crippen LogP) is 1.07. The average molecular weight is 199 g/mol. The van der Waals surface area contributed by atoms with Crippen LogP contribution in [0.5, 0.6) is 0 Å². The molecule has 1 fully saturated rings. The summed E-state index contributed by atoms with van der Waals surface area (Å²) in [7, 11) is 0. The van der Waals surface area contributed by atoms with Crippen molar-refractivity contribution in [1.82, 2.24) is 10.2 Å². The molecule has 0 unspecified atom stereocenters. The first-order valence-corrected chi connectivity index (χ1v) is 5.23. The Kier molecular flexibility index (Phi) is 2.46. The molecular formula is C8H13N3OS. The smallest absolute Gasteiger partial charge is 0.208 e. The highest BCUT2D eigenvalue weighted by Crippen LogP contribution is 2.22. The molecule has 1 aromatic heterocycles. The van der Waals surface area contributed by atoms with Crippen LogP contribution in [-0.2, 0) is 4.74 Å². The molecule has 1 aliphatic rings. The Labute approximate surface area is 81.5 Å². The second kappa shape index (κ2) is 3.59. The maximum Gasteiger partial charge on any atom is 0.208 e. The number of anilines is 1. The van der Waals surface area contributed by atoms with E-state index in [-0.39, 0.29) is 0 Å². The monoisotopic (exact) mass is 199 g/mol. The van der Waals surface area contributed by atoms with Gasteiger partial charge < -0.3 is 9.64 Å². The zero-order valence-corrected chi connectivity index (χ0v) is 8.67. The third-order valence-corrected chi connectivity index (χ3v) is 3.00. The van der Waals surface area contributed by atoms with Crippen molar-refractivity contribution in [3.63, 3.8) is 0 Å². The topological polar surface area (TPSA) is 38.2 Å². The molecular weight excluding hydrogens is 186 g/mol. The molecule has 0 spiro atoms. The van der Waals surface area contributed by atoms with Gasteiger partial charge in [-0.15, -0.1) is 10.2 Å². The van der Waals surface area contributed by atoms with Crippen LogP contribution in [0.15, 0.2) is 0 Å². The molecule has 0 N–H and O–H groups in total. The number of ether oxygens (including phenoxy) is 1. The molecule has 13 heavy (non-hydrogen) atoms. The van der Waals surface area contributed by atoms with Gasteiger partial charge in [0.15, 0.2) is 0 Å². The van der Waals surface area contributed by atoms with Crippen LogP contribution in [0.25, 0.3) is 0 Å². The van der Waals surface area contributed by atoms with Crippen LogP contribution in [0.3, 0.4) is 0 Å². The SMILES string of the molecule is Cc1nnc(N2CCOC[C@H]2C)s1. The summed E-state index contributed by atoms with van der Waals surface area (Å²) in [6, 6.07) is 0.418. The Morgan fingerprint density at radius 2 is 2.38 bits per heavy atom. The third-order valence-electron chi connectivity index (χ3n) is 2.13. The Bertz CT molecular complexity index is 289. The van der Waals surface area contributed by atoms with Crippen molar-refractivity contribution in [2.24, 2.45) is 0 Å². The van der Waals surface area contributed by atoms with E-state index in [2.05, 4.69) is 22.0 Å². The highest BCUT2D eigenvalue weighted by atomic mass is 32.1. The molecule has 1 aliphatic heterocycles. The van der Waals surface area contributed by atoms with Crippen LogP contribution >= 0.6 is 11.3 Å². The number of nitrogens with zero attached hydrogens (tertiary/aromatic N) is 3. The van der Waals surface area contributed by atoms with E-state index in [1.165, 1.54) is 0 Å². The summed E-state index contributed by atoms with van der Waals surface area (Å²) in [6.07, 6.45) is 0. The molecule has 0 aromatic carbocycles. The fourth-order valence-electron chi connectivity index (χ4n) is 1.41. The van der Waals surface area contributed by atoms with E-state index < -0.39 is 0 Å². The molecule has 4 nitrogen and oxygen atoms in total. The standard InChI is InChI=1S/C8H13N3OS/c1-6-5-12-4-3-11(6)8-10-9-7(2)13-8/h6H,3-5H2,1-2H3/t6-/m1/s1.